The smallest absolute Gasteiger partial charge is 0.310 e. The SMILES string of the molecule is CCOC(=O)[C@H]1CCCN(CCCn2ccnc2)C1. The standard InChI is InChI=1S/C14H23N3O2/c1-2-19-14(18)13-5-3-7-16(11-13)8-4-9-17-10-6-15-12-17/h6,10,12-13H,2-5,7-9,11H2,1H3/t13-/m0/s1. The summed E-state index contributed by atoms with van der Waals surface area (Å²) in [6.45, 7) is 6.32. The molecule has 5 heteroatoms. The molecule has 19 heavy (non-hydrogen) atoms. The molecule has 0 N–H and O–H groups in total. The van der Waals surface area contributed by atoms with E-state index in [0.29, 0.717) is 6.61 Å². The Balaban J connectivity index is 1.70. The number of aryl methyl sites for hydroxylation is 1. The summed E-state index contributed by atoms with van der Waals surface area (Å²) in [6, 6.07) is 0. The van der Waals surface area contributed by atoms with Crippen LogP contribution in [0.15, 0.2) is 18.7 Å². The zero-order valence-corrected chi connectivity index (χ0v) is 11.6. The molecule has 1 aliphatic rings. The third-order valence-corrected chi connectivity index (χ3v) is 3.58. The Bertz CT molecular complexity index is 378. The van der Waals surface area contributed by atoms with Gasteiger partial charge in [-0.25, -0.2) is 4.98 Å². The highest BCUT2D eigenvalue weighted by Gasteiger charge is 2.26. The molecule has 2 rings (SSSR count). The van der Waals surface area contributed by atoms with Gasteiger partial charge in [-0.05, 0) is 39.3 Å². The van der Waals surface area contributed by atoms with E-state index in [0.717, 1.165) is 45.4 Å². The lowest BCUT2D eigenvalue weighted by Gasteiger charge is -2.31. The van der Waals surface area contributed by atoms with Crippen molar-refractivity contribution in [1.82, 2.24) is 14.5 Å². The number of ether oxygens (including phenoxy) is 1. The van der Waals surface area contributed by atoms with Gasteiger partial charge in [0.15, 0.2) is 0 Å². The molecule has 0 amide bonds. The largest absolute Gasteiger partial charge is 0.466 e. The maximum atomic E-state index is 11.7. The Labute approximate surface area is 114 Å². The topological polar surface area (TPSA) is 47.4 Å². The van der Waals surface area contributed by atoms with E-state index >= 15 is 0 Å². The van der Waals surface area contributed by atoms with Gasteiger partial charge in [0.25, 0.3) is 0 Å². The number of imidazole rings is 1. The maximum Gasteiger partial charge on any atom is 0.310 e. The first kappa shape index (κ1) is 14.1. The summed E-state index contributed by atoms with van der Waals surface area (Å²) in [5.41, 5.74) is 0. The van der Waals surface area contributed by atoms with Gasteiger partial charge in [-0.1, -0.05) is 0 Å². The summed E-state index contributed by atoms with van der Waals surface area (Å²) in [7, 11) is 0. The lowest BCUT2D eigenvalue weighted by molar-refractivity contribution is -0.149. The summed E-state index contributed by atoms with van der Waals surface area (Å²) >= 11 is 0. The molecule has 106 valence electrons. The van der Waals surface area contributed by atoms with E-state index in [1.165, 1.54) is 0 Å². The monoisotopic (exact) mass is 265 g/mol. The van der Waals surface area contributed by atoms with Crippen LogP contribution in [-0.4, -0.2) is 46.7 Å². The van der Waals surface area contributed by atoms with Crippen LogP contribution < -0.4 is 0 Å². The fourth-order valence-electron chi connectivity index (χ4n) is 2.61. The van der Waals surface area contributed by atoms with Gasteiger partial charge < -0.3 is 14.2 Å². The van der Waals surface area contributed by atoms with Crippen LogP contribution in [0.3, 0.4) is 0 Å². The number of rotatable bonds is 6. The van der Waals surface area contributed by atoms with E-state index in [-0.39, 0.29) is 11.9 Å². The van der Waals surface area contributed by atoms with Crippen LogP contribution in [0, 0.1) is 5.92 Å². The Hall–Kier alpha value is -1.36. The van der Waals surface area contributed by atoms with Crippen LogP contribution >= 0.6 is 0 Å². The molecule has 0 unspecified atom stereocenters. The first-order chi connectivity index (χ1) is 9.29. The van der Waals surface area contributed by atoms with E-state index < -0.39 is 0 Å². The summed E-state index contributed by atoms with van der Waals surface area (Å²) in [5, 5.41) is 0. The van der Waals surface area contributed by atoms with Gasteiger partial charge in [0.2, 0.25) is 0 Å². The third kappa shape index (κ3) is 4.35. The molecule has 0 saturated carbocycles. The van der Waals surface area contributed by atoms with E-state index in [1.54, 1.807) is 6.20 Å². The third-order valence-electron chi connectivity index (χ3n) is 3.58. The number of nitrogens with zero attached hydrogens (tertiary/aromatic N) is 3. The fourth-order valence-corrected chi connectivity index (χ4v) is 2.61. The van der Waals surface area contributed by atoms with E-state index in [2.05, 4.69) is 14.5 Å². The molecule has 0 aliphatic carbocycles. The minimum Gasteiger partial charge on any atom is -0.466 e. The molecule has 1 aliphatic heterocycles. The predicted octanol–water partition coefficient (Wildman–Crippen LogP) is 1.55. The molecular formula is C14H23N3O2. The van der Waals surface area contributed by atoms with Gasteiger partial charge in [0, 0.05) is 25.5 Å². The van der Waals surface area contributed by atoms with Gasteiger partial charge in [-0.15, -0.1) is 0 Å². The van der Waals surface area contributed by atoms with E-state index in [9.17, 15) is 4.79 Å². The number of esters is 1. The highest BCUT2D eigenvalue weighted by Crippen LogP contribution is 2.18. The average molecular weight is 265 g/mol. The van der Waals surface area contributed by atoms with Crippen molar-refractivity contribution >= 4 is 5.97 Å². The molecule has 0 aromatic carbocycles. The second-order valence-corrected chi connectivity index (χ2v) is 5.05. The summed E-state index contributed by atoms with van der Waals surface area (Å²) in [4.78, 5) is 18.2. The van der Waals surface area contributed by atoms with Crippen molar-refractivity contribution in [1.29, 1.82) is 0 Å². The summed E-state index contributed by atoms with van der Waals surface area (Å²) < 4.78 is 7.21. The number of likely N-dealkylation sites (tertiary alicyclic amines) is 1. The van der Waals surface area contributed by atoms with Crippen LogP contribution in [0.1, 0.15) is 26.2 Å². The normalized spacial score (nSPS) is 20.4. The minimum atomic E-state index is -0.0261. The molecule has 1 atom stereocenters. The van der Waals surface area contributed by atoms with Crippen molar-refractivity contribution in [2.75, 3.05) is 26.2 Å². The average Bonchev–Trinajstić information content (AvgIpc) is 2.93. The van der Waals surface area contributed by atoms with Crippen LogP contribution in [0.2, 0.25) is 0 Å². The molecule has 1 aromatic heterocycles. The van der Waals surface area contributed by atoms with E-state index in [1.807, 2.05) is 19.4 Å². The number of piperidine rings is 1. The molecule has 1 aromatic rings. The first-order valence-corrected chi connectivity index (χ1v) is 7.14. The Morgan fingerprint density at radius 2 is 2.37 bits per heavy atom. The molecule has 1 fully saturated rings. The molecule has 5 nitrogen and oxygen atoms in total. The Morgan fingerprint density at radius 1 is 1.47 bits per heavy atom. The van der Waals surface area contributed by atoms with E-state index in [4.69, 9.17) is 4.74 Å². The van der Waals surface area contributed by atoms with Crippen LogP contribution in [0.5, 0.6) is 0 Å². The predicted molar refractivity (Wildman–Crippen MR) is 72.6 cm³/mol. The van der Waals surface area contributed by atoms with Gasteiger partial charge in [0.05, 0.1) is 18.9 Å². The first-order valence-electron chi connectivity index (χ1n) is 7.14. The molecule has 0 bridgehead atoms. The second-order valence-electron chi connectivity index (χ2n) is 5.05. The second kappa shape index (κ2) is 7.28. The molecule has 0 radical (unpaired) electrons. The lowest BCUT2D eigenvalue weighted by atomic mass is 9.98. The summed E-state index contributed by atoms with van der Waals surface area (Å²) in [5.74, 6) is 0.0451. The van der Waals surface area contributed by atoms with Gasteiger partial charge in [-0.2, -0.15) is 0 Å². The Kier molecular flexibility index (Phi) is 5.39. The highest BCUT2D eigenvalue weighted by atomic mass is 16.5. The van der Waals surface area contributed by atoms with Gasteiger partial charge >= 0.3 is 5.97 Å². The van der Waals surface area contributed by atoms with Crippen LogP contribution in [0.25, 0.3) is 0 Å². The van der Waals surface area contributed by atoms with Crippen molar-refractivity contribution in [2.24, 2.45) is 5.92 Å². The lowest BCUT2D eigenvalue weighted by Crippen LogP contribution is -2.40. The zero-order chi connectivity index (χ0) is 13.5. The number of carbonyl (C=O) groups excluding carboxylic acids is 1. The molecule has 1 saturated heterocycles. The molecular weight excluding hydrogens is 242 g/mol. The van der Waals surface area contributed by atoms with Gasteiger partial charge in [0.1, 0.15) is 0 Å². The van der Waals surface area contributed by atoms with Crippen molar-refractivity contribution < 1.29 is 9.53 Å². The fraction of sp³-hybridized carbons (Fsp3) is 0.714. The number of aromatic nitrogens is 2. The summed E-state index contributed by atoms with van der Waals surface area (Å²) in [6.07, 6.45) is 8.78. The molecule has 2 heterocycles. The number of hydrogen-bond donors (Lipinski definition) is 0. The van der Waals surface area contributed by atoms with Crippen molar-refractivity contribution in [3.63, 3.8) is 0 Å². The van der Waals surface area contributed by atoms with Crippen LogP contribution in [0.4, 0.5) is 0 Å². The quantitative estimate of drug-likeness (QED) is 0.732. The minimum absolute atomic E-state index is 0.0261. The zero-order valence-electron chi connectivity index (χ0n) is 11.6. The number of hydrogen-bond acceptors (Lipinski definition) is 4. The van der Waals surface area contributed by atoms with Crippen LogP contribution in [-0.2, 0) is 16.1 Å². The van der Waals surface area contributed by atoms with Crippen molar-refractivity contribution in [3.8, 4) is 0 Å². The Morgan fingerprint density at radius 3 is 3.11 bits per heavy atom. The highest BCUT2D eigenvalue weighted by molar-refractivity contribution is 5.72. The maximum absolute atomic E-state index is 11.7. The van der Waals surface area contributed by atoms with Crippen molar-refractivity contribution in [3.05, 3.63) is 18.7 Å². The molecule has 0 spiro atoms. The van der Waals surface area contributed by atoms with Gasteiger partial charge in [-0.3, -0.25) is 4.79 Å². The van der Waals surface area contributed by atoms with Crippen molar-refractivity contribution in [2.45, 2.75) is 32.7 Å². The number of carbonyl (C=O) groups is 1.